The Labute approximate surface area is 175 Å². The van der Waals surface area contributed by atoms with E-state index in [-0.39, 0.29) is 0 Å². The van der Waals surface area contributed by atoms with Crippen LogP contribution >= 0.6 is 0 Å². The molecule has 4 heteroatoms. The summed E-state index contributed by atoms with van der Waals surface area (Å²) >= 11 is 0. The lowest BCUT2D eigenvalue weighted by Crippen LogP contribution is -2.50. The van der Waals surface area contributed by atoms with Crippen LogP contribution in [0.1, 0.15) is 23.4 Å². The molecule has 0 aliphatic carbocycles. The molecule has 3 aromatic carbocycles. The molecule has 0 fully saturated rings. The molecule has 1 atom stereocenters. The van der Waals surface area contributed by atoms with Crippen molar-refractivity contribution in [2.75, 3.05) is 0 Å². The molecule has 0 bridgehead atoms. The predicted molar refractivity (Wildman–Crippen MR) is 116 cm³/mol. The number of benzene rings is 3. The predicted octanol–water partition coefficient (Wildman–Crippen LogP) is 4.18. The second-order valence-electron chi connectivity index (χ2n) is 7.63. The van der Waals surface area contributed by atoms with Crippen LogP contribution in [0.4, 0.5) is 0 Å². The number of hydrogen-bond acceptors (Lipinski definition) is 2. The third-order valence-corrected chi connectivity index (χ3v) is 5.83. The van der Waals surface area contributed by atoms with Crippen molar-refractivity contribution in [3.05, 3.63) is 108 Å². The second-order valence-corrected chi connectivity index (χ2v) is 7.63. The first-order valence-corrected chi connectivity index (χ1v) is 10.2. The van der Waals surface area contributed by atoms with Crippen LogP contribution in [0.15, 0.2) is 91.0 Å². The SMILES string of the molecule is N#CCCn1c2[n+](c3ccccc31)CC(c1ccccc1)=CC2(O)c1ccccc1. The van der Waals surface area contributed by atoms with E-state index in [0.717, 1.165) is 33.6 Å². The standard InChI is InChI=1S/C26H22N3O/c27-16-9-17-28-23-14-7-8-15-24(23)29-19-21(20-10-3-1-4-11-20)18-26(30,25(28)29)22-12-5-2-6-13-22/h1-8,10-15,18,30H,9,17,19H2/q+1. The molecule has 4 nitrogen and oxygen atoms in total. The van der Waals surface area contributed by atoms with Crippen LogP contribution in [-0.4, -0.2) is 9.67 Å². The van der Waals surface area contributed by atoms with Gasteiger partial charge in [0.05, 0.1) is 12.5 Å². The highest BCUT2D eigenvalue weighted by atomic mass is 16.3. The van der Waals surface area contributed by atoms with Gasteiger partial charge in [0, 0.05) is 5.57 Å². The van der Waals surface area contributed by atoms with Crippen molar-refractivity contribution in [1.82, 2.24) is 4.57 Å². The van der Waals surface area contributed by atoms with E-state index in [1.54, 1.807) is 0 Å². The minimum Gasteiger partial charge on any atom is -0.370 e. The Kier molecular flexibility index (Phi) is 4.46. The van der Waals surface area contributed by atoms with Gasteiger partial charge in [0.25, 0.3) is 5.82 Å². The molecule has 4 aromatic rings. The minimum absolute atomic E-state index is 0.381. The highest BCUT2D eigenvalue weighted by Crippen LogP contribution is 2.38. The number of para-hydroxylation sites is 2. The maximum absolute atomic E-state index is 12.2. The third-order valence-electron chi connectivity index (χ3n) is 5.83. The average Bonchev–Trinajstić information content (AvgIpc) is 3.13. The zero-order chi connectivity index (χ0) is 20.6. The van der Waals surface area contributed by atoms with Gasteiger partial charge in [-0.15, -0.1) is 0 Å². The van der Waals surface area contributed by atoms with Crippen LogP contribution in [0, 0.1) is 11.3 Å². The van der Waals surface area contributed by atoms with E-state index in [9.17, 15) is 10.4 Å². The molecule has 1 aromatic heterocycles. The minimum atomic E-state index is -1.31. The highest BCUT2D eigenvalue weighted by Gasteiger charge is 2.46. The molecule has 0 radical (unpaired) electrons. The Morgan fingerprint density at radius 3 is 2.33 bits per heavy atom. The van der Waals surface area contributed by atoms with Crippen molar-refractivity contribution in [2.45, 2.75) is 25.1 Å². The van der Waals surface area contributed by atoms with Crippen LogP contribution < -0.4 is 4.57 Å². The number of hydrogen-bond donors (Lipinski definition) is 1. The normalized spacial score (nSPS) is 17.9. The number of allylic oxidation sites excluding steroid dienone is 1. The lowest BCUT2D eigenvalue weighted by molar-refractivity contribution is -0.675. The number of aryl methyl sites for hydroxylation is 1. The number of aliphatic hydroxyl groups is 1. The summed E-state index contributed by atoms with van der Waals surface area (Å²) in [7, 11) is 0. The van der Waals surface area contributed by atoms with Gasteiger partial charge in [0.15, 0.2) is 11.0 Å². The molecule has 0 spiro atoms. The molecular weight excluding hydrogens is 370 g/mol. The summed E-state index contributed by atoms with van der Waals surface area (Å²) < 4.78 is 4.30. The van der Waals surface area contributed by atoms with E-state index in [4.69, 9.17) is 0 Å². The van der Waals surface area contributed by atoms with E-state index < -0.39 is 5.60 Å². The topological polar surface area (TPSA) is 52.8 Å². The largest absolute Gasteiger partial charge is 0.370 e. The van der Waals surface area contributed by atoms with Gasteiger partial charge in [-0.25, -0.2) is 9.13 Å². The smallest absolute Gasteiger partial charge is 0.299 e. The van der Waals surface area contributed by atoms with E-state index >= 15 is 0 Å². The Morgan fingerprint density at radius 1 is 0.933 bits per heavy atom. The fourth-order valence-electron chi connectivity index (χ4n) is 4.52. The molecule has 30 heavy (non-hydrogen) atoms. The Bertz CT molecular complexity index is 1280. The molecule has 2 heterocycles. The number of rotatable bonds is 4. The van der Waals surface area contributed by atoms with Gasteiger partial charge in [-0.1, -0.05) is 72.8 Å². The quantitative estimate of drug-likeness (QED) is 0.530. The van der Waals surface area contributed by atoms with E-state index in [0.29, 0.717) is 19.5 Å². The summed E-state index contributed by atoms with van der Waals surface area (Å²) in [5.41, 5.74) is 3.76. The number of aromatic nitrogens is 2. The Balaban J connectivity index is 1.83. The maximum Gasteiger partial charge on any atom is 0.299 e. The maximum atomic E-state index is 12.2. The molecule has 0 amide bonds. The van der Waals surface area contributed by atoms with Gasteiger partial charge in [-0.3, -0.25) is 0 Å². The van der Waals surface area contributed by atoms with Crippen LogP contribution in [0.3, 0.4) is 0 Å². The van der Waals surface area contributed by atoms with Gasteiger partial charge < -0.3 is 5.11 Å². The van der Waals surface area contributed by atoms with Gasteiger partial charge in [0.1, 0.15) is 13.1 Å². The monoisotopic (exact) mass is 392 g/mol. The van der Waals surface area contributed by atoms with Gasteiger partial charge in [0.2, 0.25) is 5.60 Å². The van der Waals surface area contributed by atoms with E-state index in [1.165, 1.54) is 0 Å². The van der Waals surface area contributed by atoms with Crippen molar-refractivity contribution in [2.24, 2.45) is 0 Å². The van der Waals surface area contributed by atoms with Crippen molar-refractivity contribution in [3.63, 3.8) is 0 Å². The molecule has 1 aliphatic heterocycles. The highest BCUT2D eigenvalue weighted by molar-refractivity contribution is 5.75. The lowest BCUT2D eigenvalue weighted by atomic mass is 9.86. The van der Waals surface area contributed by atoms with Crippen molar-refractivity contribution in [3.8, 4) is 6.07 Å². The number of nitriles is 1. The van der Waals surface area contributed by atoms with E-state index in [2.05, 4.69) is 39.5 Å². The first-order valence-electron chi connectivity index (χ1n) is 10.2. The van der Waals surface area contributed by atoms with Crippen molar-refractivity contribution in [1.29, 1.82) is 5.26 Å². The number of fused-ring (bicyclic) bond motifs is 3. The van der Waals surface area contributed by atoms with Crippen LogP contribution in [0.2, 0.25) is 0 Å². The zero-order valence-corrected chi connectivity index (χ0v) is 16.6. The Morgan fingerprint density at radius 2 is 1.60 bits per heavy atom. The second kappa shape index (κ2) is 7.29. The first kappa shape index (κ1) is 18.4. The number of imidazole rings is 1. The first-order chi connectivity index (χ1) is 14.7. The molecule has 0 saturated heterocycles. The van der Waals surface area contributed by atoms with Crippen LogP contribution in [-0.2, 0) is 18.7 Å². The molecule has 146 valence electrons. The summed E-state index contributed by atoms with van der Waals surface area (Å²) in [6.45, 7) is 1.19. The molecular formula is C26H22N3O+. The average molecular weight is 392 g/mol. The summed E-state index contributed by atoms with van der Waals surface area (Å²) in [5.74, 6) is 0.796. The van der Waals surface area contributed by atoms with Gasteiger partial charge >= 0.3 is 0 Å². The molecule has 1 N–H and O–H groups in total. The fraction of sp³-hybridized carbons (Fsp3) is 0.154. The van der Waals surface area contributed by atoms with Crippen molar-refractivity contribution >= 4 is 16.6 Å². The molecule has 5 rings (SSSR count). The summed E-state index contributed by atoms with van der Waals surface area (Å²) in [6.07, 6.45) is 2.36. The molecule has 0 saturated carbocycles. The van der Waals surface area contributed by atoms with Crippen LogP contribution in [0.5, 0.6) is 0 Å². The number of nitrogens with zero attached hydrogens (tertiary/aromatic N) is 3. The lowest BCUT2D eigenvalue weighted by Gasteiger charge is -2.28. The summed E-state index contributed by atoms with van der Waals surface area (Å²) in [4.78, 5) is 0. The van der Waals surface area contributed by atoms with Crippen LogP contribution in [0.25, 0.3) is 16.6 Å². The molecule has 1 aliphatic rings. The Hall–Kier alpha value is -3.68. The summed E-state index contributed by atoms with van der Waals surface area (Å²) in [6, 6.07) is 30.4. The molecule has 1 unspecified atom stereocenters. The summed E-state index contributed by atoms with van der Waals surface area (Å²) in [5, 5.41) is 21.4. The van der Waals surface area contributed by atoms with E-state index in [1.807, 2.05) is 66.7 Å². The third kappa shape index (κ3) is 2.83. The fourth-order valence-corrected chi connectivity index (χ4v) is 4.52. The van der Waals surface area contributed by atoms with Gasteiger partial charge in [-0.05, 0) is 29.3 Å². The van der Waals surface area contributed by atoms with Gasteiger partial charge in [-0.2, -0.15) is 5.26 Å². The van der Waals surface area contributed by atoms with Crippen molar-refractivity contribution < 1.29 is 9.67 Å². The zero-order valence-electron chi connectivity index (χ0n) is 16.6.